The van der Waals surface area contributed by atoms with Crippen molar-refractivity contribution in [3.63, 3.8) is 0 Å². The fraction of sp³-hybridized carbons (Fsp3) is 0.353. The SMILES string of the molecule is COc1ccc(/C=C2/CO[C@@]3(C)C=CC(=O)C[C@@H]23)cc1. The van der Waals surface area contributed by atoms with Crippen LogP contribution in [0.25, 0.3) is 6.08 Å². The van der Waals surface area contributed by atoms with Crippen LogP contribution < -0.4 is 4.74 Å². The molecule has 2 atom stereocenters. The molecule has 3 rings (SSSR count). The molecule has 1 aliphatic heterocycles. The van der Waals surface area contributed by atoms with E-state index in [1.165, 1.54) is 5.57 Å². The summed E-state index contributed by atoms with van der Waals surface area (Å²) in [7, 11) is 1.66. The number of carbonyl (C=O) groups is 1. The Morgan fingerprint density at radius 2 is 2.10 bits per heavy atom. The Kier molecular flexibility index (Phi) is 3.22. The van der Waals surface area contributed by atoms with E-state index in [-0.39, 0.29) is 17.3 Å². The summed E-state index contributed by atoms with van der Waals surface area (Å²) in [6.45, 7) is 2.64. The Morgan fingerprint density at radius 3 is 2.80 bits per heavy atom. The topological polar surface area (TPSA) is 35.5 Å². The van der Waals surface area contributed by atoms with Crippen LogP contribution in [0.3, 0.4) is 0 Å². The number of rotatable bonds is 2. The first-order chi connectivity index (χ1) is 9.60. The summed E-state index contributed by atoms with van der Waals surface area (Å²) in [6, 6.07) is 7.91. The van der Waals surface area contributed by atoms with Crippen LogP contribution in [0.15, 0.2) is 42.0 Å². The summed E-state index contributed by atoms with van der Waals surface area (Å²) in [4.78, 5) is 11.6. The molecule has 104 valence electrons. The van der Waals surface area contributed by atoms with Gasteiger partial charge >= 0.3 is 0 Å². The summed E-state index contributed by atoms with van der Waals surface area (Å²) < 4.78 is 11.0. The van der Waals surface area contributed by atoms with Crippen molar-refractivity contribution in [1.29, 1.82) is 0 Å². The van der Waals surface area contributed by atoms with Gasteiger partial charge in [0.1, 0.15) is 5.75 Å². The minimum absolute atomic E-state index is 0.155. The van der Waals surface area contributed by atoms with Crippen LogP contribution in [-0.2, 0) is 9.53 Å². The van der Waals surface area contributed by atoms with Crippen molar-refractivity contribution in [2.45, 2.75) is 18.9 Å². The predicted octanol–water partition coefficient (Wildman–Crippen LogP) is 3.01. The van der Waals surface area contributed by atoms with Gasteiger partial charge in [-0.3, -0.25) is 4.79 Å². The quantitative estimate of drug-likeness (QED) is 0.828. The Morgan fingerprint density at radius 1 is 1.35 bits per heavy atom. The third-order valence-corrected chi connectivity index (χ3v) is 4.16. The lowest BCUT2D eigenvalue weighted by molar-refractivity contribution is -0.117. The average molecular weight is 270 g/mol. The summed E-state index contributed by atoms with van der Waals surface area (Å²) in [5, 5.41) is 0. The van der Waals surface area contributed by atoms with Gasteiger partial charge in [0.2, 0.25) is 0 Å². The van der Waals surface area contributed by atoms with Crippen molar-refractivity contribution in [3.8, 4) is 5.75 Å². The molecule has 0 saturated carbocycles. The highest BCUT2D eigenvalue weighted by atomic mass is 16.5. The van der Waals surface area contributed by atoms with Crippen LogP contribution in [-0.4, -0.2) is 25.1 Å². The first-order valence-electron chi connectivity index (χ1n) is 6.81. The normalized spacial score (nSPS) is 30.6. The fourth-order valence-corrected chi connectivity index (χ4v) is 2.89. The second-order valence-electron chi connectivity index (χ2n) is 5.52. The minimum Gasteiger partial charge on any atom is -0.497 e. The number of carbonyl (C=O) groups excluding carboxylic acids is 1. The number of ether oxygens (including phenoxy) is 2. The van der Waals surface area contributed by atoms with Gasteiger partial charge < -0.3 is 9.47 Å². The standard InChI is InChI=1S/C17H18O3/c1-17-8-7-14(18)10-16(17)13(11-20-17)9-12-3-5-15(19-2)6-4-12/h3-9,16H,10-11H2,1-2H3/b13-9-/t16-,17-/m0/s1. The van der Waals surface area contributed by atoms with Crippen LogP contribution in [0.2, 0.25) is 0 Å². The van der Waals surface area contributed by atoms with Gasteiger partial charge in [0, 0.05) is 12.3 Å². The van der Waals surface area contributed by atoms with E-state index in [1.54, 1.807) is 13.2 Å². The molecule has 0 radical (unpaired) electrons. The molecule has 0 N–H and O–H groups in total. The van der Waals surface area contributed by atoms with Crippen LogP contribution in [0.4, 0.5) is 0 Å². The van der Waals surface area contributed by atoms with Crippen LogP contribution in [0.1, 0.15) is 18.9 Å². The molecule has 20 heavy (non-hydrogen) atoms. The number of ketones is 1. The van der Waals surface area contributed by atoms with E-state index in [2.05, 4.69) is 13.0 Å². The lowest BCUT2D eigenvalue weighted by Gasteiger charge is -2.29. The molecule has 3 nitrogen and oxygen atoms in total. The summed E-state index contributed by atoms with van der Waals surface area (Å²) in [6.07, 6.45) is 6.21. The summed E-state index contributed by atoms with van der Waals surface area (Å²) in [5.41, 5.74) is 1.97. The molecule has 3 heteroatoms. The molecule has 0 aromatic heterocycles. The summed E-state index contributed by atoms with van der Waals surface area (Å²) >= 11 is 0. The molecule has 1 heterocycles. The van der Waals surface area contributed by atoms with Crippen molar-refractivity contribution in [3.05, 3.63) is 47.6 Å². The first kappa shape index (κ1) is 13.1. The predicted molar refractivity (Wildman–Crippen MR) is 77.6 cm³/mol. The maximum Gasteiger partial charge on any atom is 0.156 e. The second-order valence-corrected chi connectivity index (χ2v) is 5.52. The van der Waals surface area contributed by atoms with Crippen LogP contribution in [0, 0.1) is 5.92 Å². The third-order valence-electron chi connectivity index (χ3n) is 4.16. The molecule has 0 spiro atoms. The molecule has 0 bridgehead atoms. The monoisotopic (exact) mass is 270 g/mol. The van der Waals surface area contributed by atoms with E-state index < -0.39 is 0 Å². The second kappa shape index (κ2) is 4.91. The summed E-state index contributed by atoms with van der Waals surface area (Å²) in [5.74, 6) is 1.18. The van der Waals surface area contributed by atoms with Gasteiger partial charge in [-0.1, -0.05) is 18.2 Å². The zero-order valence-corrected chi connectivity index (χ0v) is 11.8. The molecule has 1 aliphatic carbocycles. The number of hydrogen-bond donors (Lipinski definition) is 0. The Bertz CT molecular complexity index is 583. The number of fused-ring (bicyclic) bond motifs is 1. The van der Waals surface area contributed by atoms with Crippen LogP contribution in [0.5, 0.6) is 5.75 Å². The largest absolute Gasteiger partial charge is 0.497 e. The van der Waals surface area contributed by atoms with Gasteiger partial charge in [0.15, 0.2) is 5.78 Å². The Hall–Kier alpha value is -1.87. The van der Waals surface area contributed by atoms with Crippen molar-refractivity contribution < 1.29 is 14.3 Å². The zero-order valence-electron chi connectivity index (χ0n) is 11.8. The lowest BCUT2D eigenvalue weighted by Crippen LogP contribution is -2.34. The van der Waals surface area contributed by atoms with Gasteiger partial charge in [-0.05, 0) is 42.3 Å². The number of benzene rings is 1. The molecule has 0 amide bonds. The Labute approximate surface area is 118 Å². The number of methoxy groups -OCH3 is 1. The molecular formula is C17H18O3. The first-order valence-corrected chi connectivity index (χ1v) is 6.81. The van der Waals surface area contributed by atoms with Gasteiger partial charge in [0.25, 0.3) is 0 Å². The third kappa shape index (κ3) is 2.29. The molecule has 1 saturated heterocycles. The molecule has 1 aromatic carbocycles. The van der Waals surface area contributed by atoms with Crippen molar-refractivity contribution >= 4 is 11.9 Å². The average Bonchev–Trinajstić information content (AvgIpc) is 2.77. The van der Waals surface area contributed by atoms with Gasteiger partial charge in [-0.15, -0.1) is 0 Å². The highest BCUT2D eigenvalue weighted by Gasteiger charge is 2.44. The highest BCUT2D eigenvalue weighted by molar-refractivity contribution is 5.91. The Balaban J connectivity index is 1.88. The molecule has 1 fully saturated rings. The van der Waals surface area contributed by atoms with Gasteiger partial charge in [-0.25, -0.2) is 0 Å². The number of hydrogen-bond acceptors (Lipinski definition) is 3. The van der Waals surface area contributed by atoms with E-state index in [0.717, 1.165) is 11.3 Å². The van der Waals surface area contributed by atoms with Crippen molar-refractivity contribution in [1.82, 2.24) is 0 Å². The lowest BCUT2D eigenvalue weighted by atomic mass is 9.78. The maximum absolute atomic E-state index is 11.6. The van der Waals surface area contributed by atoms with Crippen molar-refractivity contribution in [2.75, 3.05) is 13.7 Å². The molecule has 0 unspecified atom stereocenters. The van der Waals surface area contributed by atoms with Crippen molar-refractivity contribution in [2.24, 2.45) is 5.92 Å². The molecule has 2 aliphatic rings. The maximum atomic E-state index is 11.6. The minimum atomic E-state index is -0.327. The number of allylic oxidation sites excluding steroid dienone is 1. The molecular weight excluding hydrogens is 252 g/mol. The van der Waals surface area contributed by atoms with E-state index in [9.17, 15) is 4.79 Å². The van der Waals surface area contributed by atoms with E-state index in [4.69, 9.17) is 9.47 Å². The van der Waals surface area contributed by atoms with Gasteiger partial charge in [-0.2, -0.15) is 0 Å². The van der Waals surface area contributed by atoms with Gasteiger partial charge in [0.05, 0.1) is 19.3 Å². The highest BCUT2D eigenvalue weighted by Crippen LogP contribution is 2.42. The smallest absolute Gasteiger partial charge is 0.156 e. The van der Waals surface area contributed by atoms with E-state index >= 15 is 0 Å². The van der Waals surface area contributed by atoms with E-state index in [0.29, 0.717) is 13.0 Å². The van der Waals surface area contributed by atoms with Crippen LogP contribution >= 0.6 is 0 Å². The zero-order chi connectivity index (χ0) is 14.2. The molecule has 1 aromatic rings. The fourth-order valence-electron chi connectivity index (χ4n) is 2.89. The van der Waals surface area contributed by atoms with E-state index in [1.807, 2.05) is 30.3 Å².